The molecule has 1 heterocycles. The number of rotatable bonds is 5. The van der Waals surface area contributed by atoms with Gasteiger partial charge in [0.05, 0.1) is 29.9 Å². The minimum absolute atomic E-state index is 0.156. The molecule has 1 amide bonds. The molecule has 0 atom stereocenters. The Bertz CT molecular complexity index is 986. The van der Waals surface area contributed by atoms with Crippen molar-refractivity contribution in [2.24, 2.45) is 0 Å². The number of halogens is 2. The number of nitrogens with zero attached hydrogens (tertiary/aromatic N) is 1. The highest BCUT2D eigenvalue weighted by molar-refractivity contribution is 7.12. The molecule has 7 heteroatoms. The molecule has 0 spiro atoms. The Morgan fingerprint density at radius 3 is 2.63 bits per heavy atom. The molecule has 0 aliphatic carbocycles. The lowest BCUT2D eigenvalue weighted by Crippen LogP contribution is -2.15. The van der Waals surface area contributed by atoms with E-state index in [0.29, 0.717) is 22.2 Å². The van der Waals surface area contributed by atoms with Crippen LogP contribution >= 0.6 is 22.9 Å². The van der Waals surface area contributed by atoms with E-state index in [2.05, 4.69) is 10.3 Å². The van der Waals surface area contributed by atoms with Crippen molar-refractivity contribution in [3.8, 4) is 17.0 Å². The Kier molecular flexibility index (Phi) is 5.77. The first-order valence-corrected chi connectivity index (χ1v) is 9.43. The van der Waals surface area contributed by atoms with Crippen LogP contribution in [0.3, 0.4) is 0 Å². The van der Waals surface area contributed by atoms with Gasteiger partial charge in [-0.25, -0.2) is 9.37 Å². The normalized spacial score (nSPS) is 10.7. The van der Waals surface area contributed by atoms with Crippen LogP contribution in [0.5, 0.6) is 5.75 Å². The van der Waals surface area contributed by atoms with Crippen LogP contribution in [0.25, 0.3) is 11.3 Å². The fraction of sp³-hybridized carbons (Fsp3) is 0.200. The topological polar surface area (TPSA) is 51.2 Å². The number of aromatic nitrogens is 1. The third-order valence-electron chi connectivity index (χ3n) is 4.00. The number of ether oxygens (including phenoxy) is 1. The van der Waals surface area contributed by atoms with Crippen LogP contribution in [0.15, 0.2) is 36.4 Å². The Morgan fingerprint density at radius 1 is 1.26 bits per heavy atom. The summed E-state index contributed by atoms with van der Waals surface area (Å²) in [4.78, 5) is 17.9. The number of aryl methyl sites for hydroxylation is 2. The summed E-state index contributed by atoms with van der Waals surface area (Å²) < 4.78 is 18.5. The Balaban J connectivity index is 1.83. The number of methoxy groups -OCH3 is 1. The van der Waals surface area contributed by atoms with Crippen molar-refractivity contribution in [1.29, 1.82) is 0 Å². The second kappa shape index (κ2) is 8.06. The van der Waals surface area contributed by atoms with Gasteiger partial charge < -0.3 is 10.1 Å². The van der Waals surface area contributed by atoms with E-state index >= 15 is 0 Å². The summed E-state index contributed by atoms with van der Waals surface area (Å²) >= 11 is 7.56. The molecular weight excluding hydrogens is 387 g/mol. The van der Waals surface area contributed by atoms with Crippen LogP contribution in [0.1, 0.15) is 15.4 Å². The minimum atomic E-state index is -0.310. The number of carbonyl (C=O) groups excluding carboxylic acids is 1. The molecule has 0 bridgehead atoms. The molecular formula is C20H18ClFN2O2S. The van der Waals surface area contributed by atoms with Crippen molar-refractivity contribution in [1.82, 2.24) is 4.98 Å². The lowest BCUT2D eigenvalue weighted by Gasteiger charge is -2.12. The molecule has 4 nitrogen and oxygen atoms in total. The lowest BCUT2D eigenvalue weighted by atomic mass is 10.1. The number of benzene rings is 2. The summed E-state index contributed by atoms with van der Waals surface area (Å²) in [5.74, 6) is -0.00424. The van der Waals surface area contributed by atoms with Gasteiger partial charge in [0.15, 0.2) is 0 Å². The molecule has 27 heavy (non-hydrogen) atoms. The molecule has 0 unspecified atom stereocenters. The van der Waals surface area contributed by atoms with Gasteiger partial charge in [-0.15, -0.1) is 11.3 Å². The second-order valence-electron chi connectivity index (χ2n) is 6.04. The minimum Gasteiger partial charge on any atom is -0.495 e. The molecule has 0 fully saturated rings. The molecule has 3 aromatic rings. The number of hydrogen-bond acceptors (Lipinski definition) is 4. The van der Waals surface area contributed by atoms with Crippen LogP contribution in [0, 0.1) is 19.7 Å². The molecule has 1 aromatic heterocycles. The molecule has 0 saturated carbocycles. The molecule has 1 N–H and O–H groups in total. The maximum atomic E-state index is 13.2. The quantitative estimate of drug-likeness (QED) is 0.618. The summed E-state index contributed by atoms with van der Waals surface area (Å²) in [7, 11) is 1.52. The monoisotopic (exact) mass is 404 g/mol. The van der Waals surface area contributed by atoms with Crippen LogP contribution in [-0.2, 0) is 11.2 Å². The second-order valence-corrected chi connectivity index (χ2v) is 7.73. The van der Waals surface area contributed by atoms with Gasteiger partial charge in [-0.1, -0.05) is 11.6 Å². The smallest absolute Gasteiger partial charge is 0.229 e. The zero-order valence-electron chi connectivity index (χ0n) is 15.1. The Hall–Kier alpha value is -2.44. The largest absolute Gasteiger partial charge is 0.495 e. The van der Waals surface area contributed by atoms with Crippen molar-refractivity contribution in [3.63, 3.8) is 0 Å². The van der Waals surface area contributed by atoms with Gasteiger partial charge in [0.1, 0.15) is 11.6 Å². The van der Waals surface area contributed by atoms with E-state index in [4.69, 9.17) is 16.3 Å². The first-order chi connectivity index (χ1) is 12.9. The number of carbonyl (C=O) groups is 1. The summed E-state index contributed by atoms with van der Waals surface area (Å²) in [6, 6.07) is 9.54. The third-order valence-corrected chi connectivity index (χ3v) is 5.38. The van der Waals surface area contributed by atoms with Gasteiger partial charge in [-0.3, -0.25) is 4.79 Å². The number of hydrogen-bond donors (Lipinski definition) is 1. The van der Waals surface area contributed by atoms with E-state index in [1.165, 1.54) is 30.6 Å². The fourth-order valence-electron chi connectivity index (χ4n) is 2.69. The summed E-state index contributed by atoms with van der Waals surface area (Å²) in [6.07, 6.45) is 0.156. The van der Waals surface area contributed by atoms with Crippen LogP contribution in [0.2, 0.25) is 5.02 Å². The standard InChI is InChI=1S/C20H18ClFN2O2S/c1-11-8-16(17(26-3)9-15(11)21)24-19(25)10-18-20(23-12(2)27-18)13-4-6-14(22)7-5-13/h4-9H,10H2,1-3H3,(H,24,25). The van der Waals surface area contributed by atoms with Crippen LogP contribution in [-0.4, -0.2) is 18.0 Å². The van der Waals surface area contributed by atoms with E-state index in [1.807, 2.05) is 13.8 Å². The zero-order chi connectivity index (χ0) is 19.6. The lowest BCUT2D eigenvalue weighted by molar-refractivity contribution is -0.115. The van der Waals surface area contributed by atoms with Gasteiger partial charge in [-0.05, 0) is 49.7 Å². The van der Waals surface area contributed by atoms with E-state index in [1.54, 1.807) is 24.3 Å². The zero-order valence-corrected chi connectivity index (χ0v) is 16.7. The van der Waals surface area contributed by atoms with E-state index in [0.717, 1.165) is 21.0 Å². The number of nitrogens with one attached hydrogen (secondary N) is 1. The van der Waals surface area contributed by atoms with E-state index in [9.17, 15) is 9.18 Å². The highest BCUT2D eigenvalue weighted by Gasteiger charge is 2.17. The molecule has 0 aliphatic rings. The maximum Gasteiger partial charge on any atom is 0.229 e. The van der Waals surface area contributed by atoms with Gasteiger partial charge >= 0.3 is 0 Å². The maximum absolute atomic E-state index is 13.2. The van der Waals surface area contributed by atoms with Gasteiger partial charge in [-0.2, -0.15) is 0 Å². The first kappa shape index (κ1) is 19.3. The summed E-state index contributed by atoms with van der Waals surface area (Å²) in [5, 5.41) is 4.29. The van der Waals surface area contributed by atoms with E-state index < -0.39 is 0 Å². The average Bonchev–Trinajstić information content (AvgIpc) is 2.98. The molecule has 3 rings (SSSR count). The first-order valence-electron chi connectivity index (χ1n) is 8.23. The van der Waals surface area contributed by atoms with Gasteiger partial charge in [0.25, 0.3) is 0 Å². The number of anilines is 1. The van der Waals surface area contributed by atoms with Crippen LogP contribution in [0.4, 0.5) is 10.1 Å². The highest BCUT2D eigenvalue weighted by atomic mass is 35.5. The molecule has 0 saturated heterocycles. The molecule has 0 aliphatic heterocycles. The predicted octanol–water partition coefficient (Wildman–Crippen LogP) is 5.41. The van der Waals surface area contributed by atoms with Crippen LogP contribution < -0.4 is 10.1 Å². The fourth-order valence-corrected chi connectivity index (χ4v) is 3.80. The van der Waals surface area contributed by atoms with E-state index in [-0.39, 0.29) is 18.1 Å². The van der Waals surface area contributed by atoms with Crippen molar-refractivity contribution in [2.45, 2.75) is 20.3 Å². The molecule has 2 aromatic carbocycles. The molecule has 140 valence electrons. The predicted molar refractivity (Wildman–Crippen MR) is 107 cm³/mol. The van der Waals surface area contributed by atoms with Crippen molar-refractivity contribution >= 4 is 34.5 Å². The van der Waals surface area contributed by atoms with Crippen molar-refractivity contribution in [2.75, 3.05) is 12.4 Å². The number of thiazole rings is 1. The summed E-state index contributed by atoms with van der Waals surface area (Å²) in [5.41, 5.74) is 2.89. The highest BCUT2D eigenvalue weighted by Crippen LogP contribution is 2.32. The van der Waals surface area contributed by atoms with Crippen molar-refractivity contribution in [3.05, 3.63) is 62.7 Å². The Morgan fingerprint density at radius 2 is 1.96 bits per heavy atom. The average molecular weight is 405 g/mol. The molecule has 0 radical (unpaired) electrons. The van der Waals surface area contributed by atoms with Gasteiger partial charge in [0.2, 0.25) is 5.91 Å². The summed E-state index contributed by atoms with van der Waals surface area (Å²) in [6.45, 7) is 3.74. The van der Waals surface area contributed by atoms with Gasteiger partial charge in [0, 0.05) is 21.5 Å². The Labute approximate surface area is 166 Å². The SMILES string of the molecule is COc1cc(Cl)c(C)cc1NC(=O)Cc1sc(C)nc1-c1ccc(F)cc1. The van der Waals surface area contributed by atoms with Crippen molar-refractivity contribution < 1.29 is 13.9 Å². The number of amides is 1. The third kappa shape index (κ3) is 4.46.